The molecule has 0 aliphatic carbocycles. The Hall–Kier alpha value is -0.860. The van der Waals surface area contributed by atoms with Crippen molar-refractivity contribution >= 4 is 16.0 Å². The molecule has 0 aliphatic rings. The highest BCUT2D eigenvalue weighted by Crippen LogP contribution is 2.03. The number of likely N-dealkylation sites (N-methyl/N-ethyl adjacent to an activating group) is 1. The van der Waals surface area contributed by atoms with Gasteiger partial charge in [0.05, 0.1) is 6.04 Å². The first-order chi connectivity index (χ1) is 7.22. The normalized spacial score (nSPS) is 15.8. The minimum Gasteiger partial charge on any atom is -0.409 e. The number of hydrogen-bond donors (Lipinski definition) is 3. The van der Waals surface area contributed by atoms with Gasteiger partial charge in [-0.25, -0.2) is 4.72 Å². The maximum Gasteiger partial charge on any atom is 0.279 e. The van der Waals surface area contributed by atoms with Crippen LogP contribution in [0.15, 0.2) is 5.16 Å². The first-order valence-electron chi connectivity index (χ1n) is 4.92. The van der Waals surface area contributed by atoms with Crippen molar-refractivity contribution in [3.63, 3.8) is 0 Å². The highest BCUT2D eigenvalue weighted by atomic mass is 32.2. The minimum absolute atomic E-state index is 0.155. The van der Waals surface area contributed by atoms with Gasteiger partial charge >= 0.3 is 0 Å². The first kappa shape index (κ1) is 15.1. The zero-order chi connectivity index (χ0) is 12.9. The molecule has 0 saturated carbocycles. The summed E-state index contributed by atoms with van der Waals surface area (Å²) >= 11 is 0. The molecule has 7 nitrogen and oxygen atoms in total. The van der Waals surface area contributed by atoms with E-state index >= 15 is 0 Å². The van der Waals surface area contributed by atoms with Crippen molar-refractivity contribution in [2.75, 3.05) is 13.6 Å². The summed E-state index contributed by atoms with van der Waals surface area (Å²) in [6.07, 6.45) is 0. The van der Waals surface area contributed by atoms with E-state index in [2.05, 4.69) is 9.88 Å². The third-order valence-corrected chi connectivity index (χ3v) is 3.75. The van der Waals surface area contributed by atoms with E-state index in [1.54, 1.807) is 0 Å². The van der Waals surface area contributed by atoms with Crippen LogP contribution in [0.25, 0.3) is 0 Å². The van der Waals surface area contributed by atoms with Crippen LogP contribution >= 0.6 is 0 Å². The molecule has 0 radical (unpaired) electrons. The predicted octanol–water partition coefficient (Wildman–Crippen LogP) is -0.456. The zero-order valence-corrected chi connectivity index (χ0v) is 10.8. The lowest BCUT2D eigenvalue weighted by atomic mass is 10.2. The number of nitrogens with two attached hydrogens (primary N) is 1. The second kappa shape index (κ2) is 6.02. The molecule has 0 aromatic heterocycles. The van der Waals surface area contributed by atoms with E-state index in [9.17, 15) is 8.42 Å². The second-order valence-electron chi connectivity index (χ2n) is 3.96. The summed E-state index contributed by atoms with van der Waals surface area (Å²) in [5, 5.41) is 11.2. The average Bonchev–Trinajstić information content (AvgIpc) is 2.23. The lowest BCUT2D eigenvalue weighted by Crippen LogP contribution is -2.49. The van der Waals surface area contributed by atoms with Crippen molar-refractivity contribution in [2.45, 2.75) is 26.8 Å². The van der Waals surface area contributed by atoms with Crippen LogP contribution in [0, 0.1) is 5.92 Å². The van der Waals surface area contributed by atoms with Gasteiger partial charge in [-0.2, -0.15) is 12.7 Å². The highest BCUT2D eigenvalue weighted by Gasteiger charge is 2.25. The molecule has 0 heterocycles. The fourth-order valence-corrected chi connectivity index (χ4v) is 2.12. The number of nitrogens with one attached hydrogen (secondary N) is 1. The van der Waals surface area contributed by atoms with Crippen LogP contribution in [0.2, 0.25) is 0 Å². The maximum atomic E-state index is 11.7. The van der Waals surface area contributed by atoms with Gasteiger partial charge in [0.25, 0.3) is 10.2 Å². The molecule has 4 N–H and O–H groups in total. The largest absolute Gasteiger partial charge is 0.409 e. The van der Waals surface area contributed by atoms with Crippen molar-refractivity contribution in [1.82, 2.24) is 9.03 Å². The van der Waals surface area contributed by atoms with Gasteiger partial charge in [-0.05, 0) is 12.8 Å². The van der Waals surface area contributed by atoms with Crippen LogP contribution in [0.1, 0.15) is 20.8 Å². The number of hydrogen-bond acceptors (Lipinski definition) is 4. The average molecular weight is 252 g/mol. The Morgan fingerprint density at radius 3 is 2.38 bits per heavy atom. The summed E-state index contributed by atoms with van der Waals surface area (Å²) in [4.78, 5) is 0. The van der Waals surface area contributed by atoms with Gasteiger partial charge < -0.3 is 10.9 Å². The van der Waals surface area contributed by atoms with Crippen molar-refractivity contribution in [2.24, 2.45) is 16.8 Å². The molecule has 0 saturated heterocycles. The molecule has 1 unspecified atom stereocenters. The van der Waals surface area contributed by atoms with Gasteiger partial charge in [-0.15, -0.1) is 0 Å². The third-order valence-electron chi connectivity index (χ3n) is 2.14. The van der Waals surface area contributed by atoms with E-state index in [0.717, 1.165) is 4.31 Å². The Kier molecular flexibility index (Phi) is 5.70. The molecule has 1 atom stereocenters. The Morgan fingerprint density at radius 1 is 1.50 bits per heavy atom. The van der Waals surface area contributed by atoms with Gasteiger partial charge in [-0.3, -0.25) is 0 Å². The van der Waals surface area contributed by atoms with Crippen LogP contribution in [-0.2, 0) is 10.2 Å². The SMILES string of the molecule is CC(C)CNS(=O)(=O)N(C)C(C)C(N)=NO. The van der Waals surface area contributed by atoms with Gasteiger partial charge in [-0.1, -0.05) is 19.0 Å². The van der Waals surface area contributed by atoms with Crippen LogP contribution in [0.5, 0.6) is 0 Å². The van der Waals surface area contributed by atoms with Gasteiger partial charge in [0.2, 0.25) is 0 Å². The molecule has 8 heteroatoms. The number of rotatable bonds is 6. The molecule has 0 fully saturated rings. The molecule has 0 aliphatic heterocycles. The van der Waals surface area contributed by atoms with Gasteiger partial charge in [0, 0.05) is 13.6 Å². The van der Waals surface area contributed by atoms with E-state index in [-0.39, 0.29) is 11.8 Å². The Morgan fingerprint density at radius 2 is 2.00 bits per heavy atom. The highest BCUT2D eigenvalue weighted by molar-refractivity contribution is 7.87. The van der Waals surface area contributed by atoms with Crippen molar-refractivity contribution < 1.29 is 13.6 Å². The molecule has 16 heavy (non-hydrogen) atoms. The van der Waals surface area contributed by atoms with Crippen LogP contribution in [0.4, 0.5) is 0 Å². The molecule has 0 bridgehead atoms. The Bertz CT molecular complexity index is 339. The van der Waals surface area contributed by atoms with Crippen LogP contribution < -0.4 is 10.5 Å². The van der Waals surface area contributed by atoms with Crippen LogP contribution in [0.3, 0.4) is 0 Å². The smallest absolute Gasteiger partial charge is 0.279 e. The van der Waals surface area contributed by atoms with Crippen molar-refractivity contribution in [3.05, 3.63) is 0 Å². The summed E-state index contributed by atoms with van der Waals surface area (Å²) < 4.78 is 26.9. The molecular weight excluding hydrogens is 232 g/mol. The standard InChI is InChI=1S/C8H20N4O3S/c1-6(2)5-10-16(14,15)12(4)7(3)8(9)11-13/h6-7,10,13H,5H2,1-4H3,(H2,9,11). The molecule has 0 rings (SSSR count). The molecule has 96 valence electrons. The molecule has 0 aromatic carbocycles. The zero-order valence-electron chi connectivity index (χ0n) is 10.0. The van der Waals surface area contributed by atoms with Crippen LogP contribution in [-0.4, -0.2) is 43.4 Å². The monoisotopic (exact) mass is 252 g/mol. The van der Waals surface area contributed by atoms with Crippen molar-refractivity contribution in [3.8, 4) is 0 Å². The Labute approximate surface area is 96.5 Å². The summed E-state index contributed by atoms with van der Waals surface area (Å²) in [7, 11) is -2.23. The fraction of sp³-hybridized carbons (Fsp3) is 0.875. The summed E-state index contributed by atoms with van der Waals surface area (Å²) in [6, 6.07) is -0.699. The lowest BCUT2D eigenvalue weighted by molar-refractivity contribution is 0.311. The minimum atomic E-state index is -3.60. The summed E-state index contributed by atoms with van der Waals surface area (Å²) in [5.41, 5.74) is 5.34. The molecular formula is C8H20N4O3S. The van der Waals surface area contributed by atoms with E-state index in [4.69, 9.17) is 10.9 Å². The summed E-state index contributed by atoms with van der Waals surface area (Å²) in [5.74, 6) is 0.0553. The topological polar surface area (TPSA) is 108 Å². The molecule has 0 amide bonds. The maximum absolute atomic E-state index is 11.7. The Balaban J connectivity index is 4.64. The van der Waals surface area contributed by atoms with E-state index in [1.165, 1.54) is 14.0 Å². The second-order valence-corrected chi connectivity index (χ2v) is 5.78. The lowest BCUT2D eigenvalue weighted by Gasteiger charge is -2.23. The van der Waals surface area contributed by atoms with Gasteiger partial charge in [0.1, 0.15) is 0 Å². The third kappa shape index (κ3) is 4.33. The predicted molar refractivity (Wildman–Crippen MR) is 62.4 cm³/mol. The van der Waals surface area contributed by atoms with Crippen molar-refractivity contribution in [1.29, 1.82) is 0 Å². The molecule has 0 spiro atoms. The number of oxime groups is 1. The fourth-order valence-electron chi connectivity index (χ4n) is 0.852. The quantitative estimate of drug-likeness (QED) is 0.257. The van der Waals surface area contributed by atoms with E-state index in [0.29, 0.717) is 6.54 Å². The number of nitrogens with zero attached hydrogens (tertiary/aromatic N) is 2. The number of amidine groups is 1. The van der Waals surface area contributed by atoms with E-state index in [1.807, 2.05) is 13.8 Å². The molecule has 0 aromatic rings. The van der Waals surface area contributed by atoms with E-state index < -0.39 is 16.3 Å². The summed E-state index contributed by atoms with van der Waals surface area (Å²) in [6.45, 7) is 5.67. The van der Waals surface area contributed by atoms with Gasteiger partial charge in [0.15, 0.2) is 5.84 Å². The first-order valence-corrected chi connectivity index (χ1v) is 6.36.